The number of ether oxygens (including phenoxy) is 7. The maximum Gasteiger partial charge on any atom is 0.573 e. The molecule has 0 bridgehead atoms. The van der Waals surface area contributed by atoms with Crippen molar-refractivity contribution in [3.63, 3.8) is 0 Å². The highest BCUT2D eigenvalue weighted by atomic mass is 32.1. The van der Waals surface area contributed by atoms with Crippen molar-refractivity contribution in [3.8, 4) is 5.75 Å². The molecule has 2 aliphatic heterocycles. The number of nitrogens with one attached hydrogen (secondary N) is 4. The van der Waals surface area contributed by atoms with E-state index in [1.165, 1.54) is 326 Å². The summed E-state index contributed by atoms with van der Waals surface area (Å²) in [5, 5.41) is 127. The van der Waals surface area contributed by atoms with E-state index >= 15 is 0 Å². The van der Waals surface area contributed by atoms with Gasteiger partial charge in [-0.25, -0.2) is 8.78 Å². The van der Waals surface area contributed by atoms with E-state index in [0.29, 0.717) is 51.3 Å². The number of anilines is 2. The average molecular weight is 2080 g/mol. The molecular weight excluding hydrogens is 1870 g/mol. The first kappa shape index (κ1) is 132. The summed E-state index contributed by atoms with van der Waals surface area (Å²) in [5.74, 6) is -2.25. The monoisotopic (exact) mass is 2080 g/mol. The molecule has 0 spiro atoms. The third-order valence-corrected chi connectivity index (χ3v) is 29.7. The lowest BCUT2D eigenvalue weighted by atomic mass is 9.92. The molecule has 2 saturated heterocycles. The molecule has 0 aliphatic carbocycles. The lowest BCUT2D eigenvalue weighted by Crippen LogP contribution is -2.62. The smallest absolute Gasteiger partial charge is 0.468 e. The fourth-order valence-corrected chi connectivity index (χ4v) is 20.4. The van der Waals surface area contributed by atoms with Gasteiger partial charge in [0.1, 0.15) is 73.7 Å². The Morgan fingerprint density at radius 3 is 1.00 bits per heavy atom. The number of para-hydroxylation sites is 2. The molecular formula is C115H207F5N4O17S2. The van der Waals surface area contributed by atoms with Crippen molar-refractivity contribution in [2.24, 2.45) is 0 Å². The van der Waals surface area contributed by atoms with E-state index in [-0.39, 0.29) is 23.2 Å². The van der Waals surface area contributed by atoms with Gasteiger partial charge in [0.25, 0.3) is 10.3 Å². The van der Waals surface area contributed by atoms with E-state index in [4.69, 9.17) is 52.9 Å². The first-order valence-electron chi connectivity index (χ1n) is 58.5. The van der Waals surface area contributed by atoms with Gasteiger partial charge >= 0.3 is 6.36 Å². The molecule has 4 rings (SSSR count). The molecule has 2 fully saturated rings. The predicted molar refractivity (Wildman–Crippen MR) is 579 cm³/mol. The number of unbranched alkanes of at least 4 members (excludes halogenated alkanes) is 68. The van der Waals surface area contributed by atoms with Gasteiger partial charge in [0, 0.05) is 6.07 Å². The Morgan fingerprint density at radius 2 is 0.650 bits per heavy atom. The van der Waals surface area contributed by atoms with E-state index in [2.05, 4.69) is 46.8 Å². The third kappa shape index (κ3) is 66.3. The van der Waals surface area contributed by atoms with Gasteiger partial charge in [-0.1, -0.05) is 482 Å². The highest BCUT2D eigenvalue weighted by Gasteiger charge is 2.48. The molecule has 0 aromatic heterocycles. The summed E-state index contributed by atoms with van der Waals surface area (Å²) in [5.41, 5.74) is -0.288. The maximum absolute atomic E-state index is 14.6. The van der Waals surface area contributed by atoms with Gasteiger partial charge in [-0.2, -0.15) is 0 Å². The normalized spacial score (nSPS) is 19.9. The van der Waals surface area contributed by atoms with Crippen LogP contribution in [0.5, 0.6) is 5.75 Å². The van der Waals surface area contributed by atoms with E-state index in [9.17, 15) is 73.0 Å². The Morgan fingerprint density at radius 1 is 0.350 bits per heavy atom. The number of aliphatic hydroxyl groups excluding tert-OH is 10. The van der Waals surface area contributed by atoms with Crippen molar-refractivity contribution in [2.75, 3.05) is 43.5 Å². The number of halogens is 5. The summed E-state index contributed by atoms with van der Waals surface area (Å²) in [4.78, 5) is 0. The third-order valence-electron chi connectivity index (χ3n) is 29.3. The minimum Gasteiger partial charge on any atom is -0.468 e. The Kier molecular flexibility index (Phi) is 81.3. The summed E-state index contributed by atoms with van der Waals surface area (Å²) in [7, 11) is 0. The predicted octanol–water partition coefficient (Wildman–Crippen LogP) is 27.7. The first-order chi connectivity index (χ1) is 69.5. The fourth-order valence-electron chi connectivity index (χ4n) is 20.0. The Bertz CT molecular complexity index is 3270. The molecule has 14 N–H and O–H groups in total. The molecule has 17 atom stereocenters. The number of hydrogen-bond acceptors (Lipinski definition) is 21. The summed E-state index contributed by atoms with van der Waals surface area (Å²) >= 11 is 10.6. The summed E-state index contributed by atoms with van der Waals surface area (Å²) in [6.07, 6.45) is 61.3. The number of aliphatic hydroxyl groups is 10. The minimum atomic E-state index is -4.98. The van der Waals surface area contributed by atoms with Crippen LogP contribution >= 0.6 is 24.4 Å². The summed E-state index contributed by atoms with van der Waals surface area (Å²) < 4.78 is 108. The van der Waals surface area contributed by atoms with Crippen LogP contribution in [0, 0.1) is 11.6 Å². The van der Waals surface area contributed by atoms with Crippen LogP contribution in [0.2, 0.25) is 0 Å². The molecule has 2 aromatic rings. The van der Waals surface area contributed by atoms with Crippen molar-refractivity contribution >= 4 is 46.2 Å². The van der Waals surface area contributed by atoms with Crippen LogP contribution < -0.4 is 26.0 Å². The molecule has 143 heavy (non-hydrogen) atoms. The van der Waals surface area contributed by atoms with Crippen molar-refractivity contribution in [2.45, 2.75) is 613 Å². The van der Waals surface area contributed by atoms with Crippen molar-refractivity contribution in [1.82, 2.24) is 10.6 Å². The average Bonchev–Trinajstić information content (AvgIpc) is 0.789. The van der Waals surface area contributed by atoms with Gasteiger partial charge in [0.05, 0.1) is 60.6 Å². The van der Waals surface area contributed by atoms with Crippen LogP contribution in [-0.4, -0.2) is 205 Å². The van der Waals surface area contributed by atoms with Gasteiger partial charge in [0.2, 0.25) is 0 Å². The van der Waals surface area contributed by atoms with E-state index < -0.39 is 146 Å². The number of hydrogen-bond donors (Lipinski definition) is 14. The molecule has 2 aromatic carbocycles. The Balaban J connectivity index is 1.30. The second-order valence-corrected chi connectivity index (χ2v) is 42.8. The van der Waals surface area contributed by atoms with Gasteiger partial charge in [-0.05, 0) is 93.9 Å². The van der Waals surface area contributed by atoms with E-state index in [0.717, 1.165) is 159 Å². The molecule has 2 heterocycles. The van der Waals surface area contributed by atoms with Crippen molar-refractivity contribution in [3.05, 3.63) is 54.1 Å². The number of thiocarbonyl (C=S) groups is 2. The standard InChI is InChI=1S/C115H207F5N4O17S2/c1-4-7-10-13-16-19-22-25-27-29-31-33-35-37-39-41-43-45-49-54-59-64-69-76-85-121-95(88-135-111-109(133)107(131)105(129)100(139-111)89-137-114(143)124-94-78-74-75-81-98(94)141-115(118,119)120)103(127)96(125)79-71-66-61-56-52-47-48-53-58-63-68-73-82-99(138-112-110(134)108(132)106(130)101(140-112)90-136-113(142)123-93-84-83-91(116)87-92(93)117)102(104(128)97(126)80-72-67-62-57-51-24-21-18-15-12-9-6-3)122-86-77-70-65-60-55-50-46-44-42-40-38-36-34-32-30-28-26-23-20-17-14-11-8-5-2/h74-75,78,81,83-84,87,95-97,99-112,121-122,125-134H,4-73,76-77,79-80,82,85-86,88-90H2,1-3H3,(H,123,142)(H,124,143)/t95?,96?,97-,99?,100-,101-,102-,103?,104-,105+,106+,107+,108+,109-,110-,111+,112+/m1/s1. The van der Waals surface area contributed by atoms with Crippen LogP contribution in [-0.2, 0) is 28.4 Å². The molecule has 836 valence electrons. The zero-order chi connectivity index (χ0) is 104. The zero-order valence-electron chi connectivity index (χ0n) is 89.5. The molecule has 0 saturated carbocycles. The number of alkyl halides is 3. The molecule has 21 nitrogen and oxygen atoms in total. The largest absolute Gasteiger partial charge is 0.573 e. The molecule has 0 amide bonds. The first-order valence-corrected chi connectivity index (χ1v) is 59.3. The summed E-state index contributed by atoms with van der Waals surface area (Å²) in [6, 6.07) is 6.48. The van der Waals surface area contributed by atoms with Gasteiger partial charge in [-0.15, -0.1) is 13.2 Å². The van der Waals surface area contributed by atoms with Crippen molar-refractivity contribution < 1.29 is 106 Å². The van der Waals surface area contributed by atoms with Crippen molar-refractivity contribution in [1.29, 1.82) is 0 Å². The Labute approximate surface area is 874 Å². The maximum atomic E-state index is 14.6. The molecule has 28 heteroatoms. The lowest BCUT2D eigenvalue weighted by molar-refractivity contribution is -0.314. The zero-order valence-corrected chi connectivity index (χ0v) is 91.1. The minimum absolute atomic E-state index is 0.143. The second kappa shape index (κ2) is 88.1. The lowest BCUT2D eigenvalue weighted by Gasteiger charge is -2.43. The second-order valence-electron chi connectivity index (χ2n) is 42.1. The molecule has 0 radical (unpaired) electrons. The topological polar surface area (TPSA) is 315 Å². The van der Waals surface area contributed by atoms with Crippen LogP contribution in [0.25, 0.3) is 0 Å². The Hall–Kier alpha value is -3.37. The van der Waals surface area contributed by atoms with E-state index in [1.54, 1.807) is 0 Å². The molecule has 4 unspecified atom stereocenters. The number of benzene rings is 2. The van der Waals surface area contributed by atoms with Crippen LogP contribution in [0.3, 0.4) is 0 Å². The van der Waals surface area contributed by atoms with Gasteiger partial charge in [-0.3, -0.25) is 0 Å². The highest BCUT2D eigenvalue weighted by Crippen LogP contribution is 2.34. The molecule has 2 aliphatic rings. The van der Waals surface area contributed by atoms with Crippen LogP contribution in [0.4, 0.5) is 33.3 Å². The highest BCUT2D eigenvalue weighted by molar-refractivity contribution is 7.80. The fraction of sp³-hybridized carbons (Fsp3) is 0.878. The summed E-state index contributed by atoms with van der Waals surface area (Å²) in [6.45, 7) is 6.62. The number of rotatable bonds is 97. The van der Waals surface area contributed by atoms with Gasteiger partial charge < -0.3 is 105 Å². The SMILES string of the molecule is CCCCCCCCCCCCCCCCCCCCCCCCCCNC(CO[C@H]1O[C@H](COC(=S)Nc2ccccc2OC(F)(F)F)[C@H](O)[C@H](O)[C@H]1O)C(O)C(O)CCCCCCCCCCCCCCC(O[C@H]1O[C@H](COC(=S)Nc2ccc(F)cc2F)[C@H](O)[C@H](O)[C@H]1O)[C@@H](NCCCCCCCCCCCCCCCCCCCCCCCCCC)[C@H](O)[C@H](O)CCCCCCCCCCCCCC. The van der Waals surface area contributed by atoms with Crippen LogP contribution in [0.15, 0.2) is 42.5 Å². The van der Waals surface area contributed by atoms with Gasteiger partial charge in [0.15, 0.2) is 18.3 Å². The quantitative estimate of drug-likeness (QED) is 0.0166. The van der Waals surface area contributed by atoms with E-state index in [1.807, 2.05) is 0 Å². The van der Waals surface area contributed by atoms with Crippen LogP contribution in [0.1, 0.15) is 502 Å².